The fraction of sp³-hybridized carbons (Fsp3) is 0.893. The largest absolute Gasteiger partial charge is 0.185 e. The van der Waals surface area contributed by atoms with Gasteiger partial charge in [0.05, 0.1) is 0 Å². The van der Waals surface area contributed by atoms with Gasteiger partial charge in [0.2, 0.25) is 0 Å². The molecule has 4 aliphatic rings. The van der Waals surface area contributed by atoms with Crippen LogP contribution in [0.2, 0.25) is 0 Å². The van der Waals surface area contributed by atoms with Gasteiger partial charge in [-0.15, -0.1) is 0 Å². The van der Waals surface area contributed by atoms with E-state index in [9.17, 15) is 0 Å². The van der Waals surface area contributed by atoms with Crippen LogP contribution in [0.4, 0.5) is 0 Å². The lowest BCUT2D eigenvalue weighted by Gasteiger charge is -2.58. The summed E-state index contributed by atoms with van der Waals surface area (Å²) in [6.07, 6.45) is 17.9. The molecule has 0 aromatic rings. The number of rotatable bonds is 6. The lowest BCUT2D eigenvalue weighted by molar-refractivity contribution is -0.0497. The molecular formula is C28H45NS. The summed E-state index contributed by atoms with van der Waals surface area (Å²) in [4.78, 5) is 0. The van der Waals surface area contributed by atoms with Crippen molar-refractivity contribution in [1.29, 1.82) is 5.26 Å². The molecule has 0 aromatic carbocycles. The lowest BCUT2D eigenvalue weighted by atomic mass is 9.47. The number of thiocyanates is 1. The van der Waals surface area contributed by atoms with E-state index in [0.29, 0.717) is 16.1 Å². The monoisotopic (exact) mass is 427 g/mol. The Morgan fingerprint density at radius 2 is 1.87 bits per heavy atom. The van der Waals surface area contributed by atoms with Crippen LogP contribution < -0.4 is 0 Å². The van der Waals surface area contributed by atoms with E-state index >= 15 is 0 Å². The topological polar surface area (TPSA) is 23.8 Å². The Balaban J connectivity index is 1.48. The summed E-state index contributed by atoms with van der Waals surface area (Å²) in [6.45, 7) is 12.6. The van der Waals surface area contributed by atoms with Crippen molar-refractivity contribution in [1.82, 2.24) is 0 Å². The van der Waals surface area contributed by atoms with Crippen molar-refractivity contribution in [3.8, 4) is 5.40 Å². The highest BCUT2D eigenvalue weighted by molar-refractivity contribution is 8.04. The van der Waals surface area contributed by atoms with Gasteiger partial charge in [0.25, 0.3) is 0 Å². The van der Waals surface area contributed by atoms with Crippen molar-refractivity contribution in [2.75, 3.05) is 0 Å². The van der Waals surface area contributed by atoms with E-state index in [0.717, 1.165) is 35.5 Å². The molecule has 0 heterocycles. The third-order valence-corrected chi connectivity index (χ3v) is 11.3. The van der Waals surface area contributed by atoms with Crippen molar-refractivity contribution >= 4 is 11.8 Å². The van der Waals surface area contributed by atoms with E-state index in [-0.39, 0.29) is 0 Å². The fourth-order valence-electron chi connectivity index (χ4n) is 8.83. The quantitative estimate of drug-likeness (QED) is 0.313. The molecule has 0 bridgehead atoms. The van der Waals surface area contributed by atoms with Crippen molar-refractivity contribution in [3.63, 3.8) is 0 Å². The predicted octanol–water partition coefficient (Wildman–Crippen LogP) is 8.61. The molecule has 4 rings (SSSR count). The minimum atomic E-state index is 0.428. The summed E-state index contributed by atoms with van der Waals surface area (Å²) in [6, 6.07) is 0. The van der Waals surface area contributed by atoms with Crippen LogP contribution in [-0.2, 0) is 0 Å². The summed E-state index contributed by atoms with van der Waals surface area (Å²) >= 11 is 1.53. The van der Waals surface area contributed by atoms with Crippen LogP contribution in [0.5, 0.6) is 0 Å². The van der Waals surface area contributed by atoms with E-state index in [2.05, 4.69) is 46.1 Å². The number of nitriles is 1. The molecule has 3 saturated carbocycles. The zero-order chi connectivity index (χ0) is 21.5. The second-order valence-electron chi connectivity index (χ2n) is 12.4. The van der Waals surface area contributed by atoms with Crippen LogP contribution in [0.1, 0.15) is 105 Å². The maximum absolute atomic E-state index is 9.14. The maximum Gasteiger partial charge on any atom is 0.133 e. The molecule has 0 amide bonds. The van der Waals surface area contributed by atoms with Gasteiger partial charge in [-0.05, 0) is 109 Å². The number of hydrogen-bond acceptors (Lipinski definition) is 2. The molecule has 8 atom stereocenters. The van der Waals surface area contributed by atoms with Gasteiger partial charge in [0.15, 0.2) is 0 Å². The van der Waals surface area contributed by atoms with Crippen LogP contribution in [0, 0.1) is 57.0 Å². The smallest absolute Gasteiger partial charge is 0.133 e. The van der Waals surface area contributed by atoms with E-state index in [4.69, 9.17) is 5.26 Å². The molecular weight excluding hydrogens is 382 g/mol. The van der Waals surface area contributed by atoms with Crippen LogP contribution in [0.15, 0.2) is 11.6 Å². The molecule has 0 aliphatic heterocycles. The lowest BCUT2D eigenvalue weighted by Crippen LogP contribution is -2.50. The van der Waals surface area contributed by atoms with Gasteiger partial charge >= 0.3 is 0 Å². The number of fused-ring (bicyclic) bond motifs is 5. The normalized spacial score (nSPS) is 43.9. The molecule has 30 heavy (non-hydrogen) atoms. The third-order valence-electron chi connectivity index (χ3n) is 10.5. The average molecular weight is 428 g/mol. The highest BCUT2D eigenvalue weighted by Crippen LogP contribution is 2.67. The molecule has 0 N–H and O–H groups in total. The van der Waals surface area contributed by atoms with Crippen molar-refractivity contribution in [2.24, 2.45) is 46.3 Å². The van der Waals surface area contributed by atoms with Gasteiger partial charge < -0.3 is 0 Å². The molecule has 4 aliphatic carbocycles. The fourth-order valence-corrected chi connectivity index (χ4v) is 9.47. The second kappa shape index (κ2) is 8.84. The van der Waals surface area contributed by atoms with E-state index in [1.54, 1.807) is 5.57 Å². The van der Waals surface area contributed by atoms with Gasteiger partial charge in [-0.1, -0.05) is 65.5 Å². The maximum atomic E-state index is 9.14. The SMILES string of the molecule is CC(C)CCC[C@H](C)[C@H]1CC[C@H]2[C@@H]3CC=C4C[C@H](SC#N)CC[C@]4(C)[C@H]3CC[C@]12C. The highest BCUT2D eigenvalue weighted by atomic mass is 32.2. The Hall–Kier alpha value is -0.420. The number of nitrogens with zero attached hydrogens (tertiary/aromatic N) is 1. The first-order valence-electron chi connectivity index (χ1n) is 13.0. The molecule has 0 unspecified atom stereocenters. The summed E-state index contributed by atoms with van der Waals surface area (Å²) < 4.78 is 0. The van der Waals surface area contributed by atoms with Crippen LogP contribution >= 0.6 is 11.8 Å². The Morgan fingerprint density at radius 1 is 1.07 bits per heavy atom. The standard InChI is InChI=1S/C28H45NS/c1-19(2)7-6-8-20(3)24-11-12-25-23-10-9-21-17-22(30-18-29)13-15-27(21,4)26(23)14-16-28(24,25)5/h9,19-20,22-26H,6-8,10-17H2,1-5H3/t20-,22+,23-,24+,25-,26-,27-,28+/m0/s1. The van der Waals surface area contributed by atoms with Crippen molar-refractivity contribution < 1.29 is 0 Å². The molecule has 1 nitrogen and oxygen atoms in total. The Morgan fingerprint density at radius 3 is 2.60 bits per heavy atom. The zero-order valence-corrected chi connectivity index (χ0v) is 21.1. The minimum Gasteiger partial charge on any atom is -0.185 e. The van der Waals surface area contributed by atoms with Crippen LogP contribution in [0.3, 0.4) is 0 Å². The van der Waals surface area contributed by atoms with E-state index in [1.807, 2.05) is 0 Å². The molecule has 0 aromatic heterocycles. The molecule has 0 radical (unpaired) electrons. The molecule has 3 fully saturated rings. The average Bonchev–Trinajstić information content (AvgIpc) is 3.05. The highest BCUT2D eigenvalue weighted by Gasteiger charge is 2.59. The van der Waals surface area contributed by atoms with E-state index in [1.165, 1.54) is 82.4 Å². The molecule has 2 heteroatoms. The first-order chi connectivity index (χ1) is 14.3. The second-order valence-corrected chi connectivity index (χ2v) is 13.4. The molecule has 168 valence electrons. The number of hydrogen-bond donors (Lipinski definition) is 0. The van der Waals surface area contributed by atoms with E-state index < -0.39 is 0 Å². The van der Waals surface area contributed by atoms with Gasteiger partial charge in [0, 0.05) is 5.25 Å². The van der Waals surface area contributed by atoms with Gasteiger partial charge in [0.1, 0.15) is 5.40 Å². The number of allylic oxidation sites excluding steroid dienone is 2. The third kappa shape index (κ3) is 3.91. The van der Waals surface area contributed by atoms with Crippen molar-refractivity contribution in [3.05, 3.63) is 11.6 Å². The van der Waals surface area contributed by atoms with Gasteiger partial charge in [-0.25, -0.2) is 0 Å². The number of thioether (sulfide) groups is 1. The van der Waals surface area contributed by atoms with Gasteiger partial charge in [-0.2, -0.15) is 5.26 Å². The van der Waals surface area contributed by atoms with Crippen LogP contribution in [-0.4, -0.2) is 5.25 Å². The molecule has 0 saturated heterocycles. The summed E-state index contributed by atoms with van der Waals surface area (Å²) in [5, 5.41) is 12.0. The predicted molar refractivity (Wildman–Crippen MR) is 130 cm³/mol. The zero-order valence-electron chi connectivity index (χ0n) is 20.3. The van der Waals surface area contributed by atoms with Crippen LogP contribution in [0.25, 0.3) is 0 Å². The summed E-state index contributed by atoms with van der Waals surface area (Å²) in [5.41, 5.74) is 2.74. The summed E-state index contributed by atoms with van der Waals surface area (Å²) in [5.74, 6) is 5.49. The Kier molecular flexibility index (Phi) is 6.71. The minimum absolute atomic E-state index is 0.428. The Labute approximate surface area is 190 Å². The summed E-state index contributed by atoms with van der Waals surface area (Å²) in [7, 11) is 0. The molecule has 0 spiro atoms. The Bertz CT molecular complexity index is 689. The first kappa shape index (κ1) is 22.8. The first-order valence-corrected chi connectivity index (χ1v) is 13.9. The van der Waals surface area contributed by atoms with Crippen molar-refractivity contribution in [2.45, 2.75) is 110 Å². The van der Waals surface area contributed by atoms with Gasteiger partial charge in [-0.3, -0.25) is 0 Å².